The molecule has 130 heavy (non-hydrogen) atoms. The lowest BCUT2D eigenvalue weighted by molar-refractivity contribution is -0.333. The lowest BCUT2D eigenvalue weighted by atomic mass is 9.86. The molecule has 8 aromatic carbocycles. The third kappa shape index (κ3) is 19.5. The Labute approximate surface area is 746 Å². The Hall–Kier alpha value is -12.5. The predicted molar refractivity (Wildman–Crippen MR) is 461 cm³/mol. The number of nitrogens with one attached hydrogen (secondary N) is 7. The van der Waals surface area contributed by atoms with Gasteiger partial charge in [-0.2, -0.15) is 0 Å². The highest BCUT2D eigenvalue weighted by molar-refractivity contribution is 6.32. The predicted octanol–water partition coefficient (Wildman–Crippen LogP) is 2.48. The van der Waals surface area contributed by atoms with Gasteiger partial charge in [-0.15, -0.1) is 0 Å². The molecule has 0 radical (unpaired) electrons. The summed E-state index contributed by atoms with van der Waals surface area (Å²) in [5.74, 6) is -16.7. The number of nitrogens with zero attached hydrogens (tertiary/aromatic N) is 1. The Morgan fingerprint density at radius 2 is 1.25 bits per heavy atom. The Kier molecular flexibility index (Phi) is 27.3. The van der Waals surface area contributed by atoms with Crippen LogP contribution in [-0.2, 0) is 68.6 Å². The zero-order chi connectivity index (χ0) is 93.7. The van der Waals surface area contributed by atoms with Crippen LogP contribution in [0.25, 0.3) is 22.3 Å². The van der Waals surface area contributed by atoms with Crippen molar-refractivity contribution in [3.05, 3.63) is 198 Å². The molecule has 0 aromatic heterocycles. The lowest BCUT2D eigenvalue weighted by Crippen LogP contribution is -2.64. The van der Waals surface area contributed by atoms with E-state index in [9.17, 15) is 70.2 Å². The topological polar surface area (TPSA) is 612 Å². The molecule has 8 aromatic rings. The number of carboxylic acid groups (broad SMARTS) is 1. The summed E-state index contributed by atoms with van der Waals surface area (Å²) < 4.78 is 52.1. The van der Waals surface area contributed by atoms with Gasteiger partial charge in [0.1, 0.15) is 107 Å². The van der Waals surface area contributed by atoms with E-state index in [0.29, 0.717) is 5.56 Å². The molecule has 0 aliphatic carbocycles. The van der Waals surface area contributed by atoms with E-state index in [1.807, 2.05) is 54.6 Å². The standard InChI is InChI=1S/C90H100ClN11O28/c1-37(2)25-53(102(7)70-67(73(110)74(70)111)95-35-40-13-15-42(16-14-40)41-11-9-8-10-12-41)82(116)100-68-71(108)45-20-24-56(51(91)27-45)126-58-29-46-28-57(77(58)130-88-78(75(112)72(109)59(36-103)127-88)129-62-34-90(6,94)80(114)39(4)124-62)125-48-21-17-43(18-22-48)76(128-61-33-89(5,93)79(113)38(3)123-61)69-86(120)99-66(87(121)122)50-30-47(104)31-55(106)63(50)49-26-44(19-23-54(49)105)64(83(117)101-69)98-84(118)65(46)97-81(115)52(32-60(92)107)96-85(68)119/h8-24,26-31,37-39,52-53,59,61-62,64-66,68-69,71-72,75-76,78-80,88,95,103-106,108-109,112-114H,25,32-36,93-94H2,1-7H3,(H2,92,107)(H,96,119)(H,97,115)(H,98,118)(H,99,120)(H,100,116)(H,101,117)(H,121,122)/t38-,39-,52-,53+,59+,61-,62-,64+,65+,66+,68+,69-,71+,72+,75-,76+,78+,79-,80-,88-,89-,90-/m0/s1. The van der Waals surface area contributed by atoms with E-state index in [-0.39, 0.29) is 65.5 Å². The molecule has 8 aliphatic heterocycles. The number of benzene rings is 7. The van der Waals surface area contributed by atoms with E-state index in [2.05, 4.69) is 37.2 Å². The second-order valence-corrected chi connectivity index (χ2v) is 34.6. The second kappa shape index (κ2) is 37.9. The number of carboxylic acids is 1. The quantitative estimate of drug-likeness (QED) is 0.0487. The van der Waals surface area contributed by atoms with Crippen molar-refractivity contribution in [2.24, 2.45) is 23.1 Å². The first kappa shape index (κ1) is 93.7. The number of phenols is 3. The number of fused-ring (bicyclic) bond motifs is 15. The van der Waals surface area contributed by atoms with Gasteiger partial charge in [0.05, 0.1) is 42.5 Å². The van der Waals surface area contributed by atoms with Gasteiger partial charge in [-0.3, -0.25) is 43.2 Å². The van der Waals surface area contributed by atoms with Crippen LogP contribution in [0.1, 0.15) is 131 Å². The normalized spacial score (nSPS) is 29.0. The molecule has 0 unspecified atom stereocenters. The van der Waals surface area contributed by atoms with Gasteiger partial charge in [-0.05, 0) is 134 Å². The van der Waals surface area contributed by atoms with Crippen molar-refractivity contribution < 1.29 is 127 Å². The summed E-state index contributed by atoms with van der Waals surface area (Å²) >= 11 is 7.28. The van der Waals surface area contributed by atoms with Gasteiger partial charge in [0, 0.05) is 60.3 Å². The van der Waals surface area contributed by atoms with E-state index in [4.69, 9.17) is 66.7 Å². The van der Waals surface area contributed by atoms with Crippen LogP contribution in [0.15, 0.2) is 149 Å². The number of aliphatic hydroxyl groups excluding tert-OH is 6. The first-order valence-electron chi connectivity index (χ1n) is 41.7. The molecule has 0 saturated carbocycles. The first-order valence-corrected chi connectivity index (χ1v) is 42.1. The van der Waals surface area contributed by atoms with Crippen LogP contribution in [0.5, 0.6) is 46.0 Å². The van der Waals surface area contributed by atoms with Gasteiger partial charge in [-0.1, -0.05) is 104 Å². The number of nitrogens with two attached hydrogens (primary N) is 3. The number of ether oxygens (including phenoxy) is 8. The molecule has 3 saturated heterocycles. The van der Waals surface area contributed by atoms with Crippen molar-refractivity contribution in [3.63, 3.8) is 0 Å². The molecule has 3 fully saturated rings. The van der Waals surface area contributed by atoms with Crippen molar-refractivity contribution in [3.8, 4) is 68.2 Å². The summed E-state index contributed by atoms with van der Waals surface area (Å²) in [5, 5.41) is 133. The molecule has 22 atom stereocenters. The Morgan fingerprint density at radius 1 is 0.638 bits per heavy atom. The number of carbonyl (C=O) groups excluding carboxylic acids is 7. The van der Waals surface area contributed by atoms with E-state index in [1.54, 1.807) is 13.8 Å². The molecule has 23 N–H and O–H groups in total. The maximum absolute atomic E-state index is 16.6. The fraction of sp³-hybridized carbons (Fsp3) is 0.400. The van der Waals surface area contributed by atoms with Crippen molar-refractivity contribution in [2.75, 3.05) is 23.9 Å². The van der Waals surface area contributed by atoms with E-state index in [1.165, 1.54) is 70.0 Å². The number of hydrogen-bond acceptors (Lipinski definition) is 31. The average molecular weight is 1820 g/mol. The number of phenolic OH excluding ortho intramolecular Hbond substituents is 3. The lowest BCUT2D eigenvalue weighted by Gasteiger charge is -2.47. The number of aliphatic carboxylic acids is 1. The molecular formula is C90H100ClN11O28. The number of aromatic hydroxyl groups is 3. The Balaban J connectivity index is 0.939. The third-order valence-electron chi connectivity index (χ3n) is 23.9. The molecule has 690 valence electrons. The smallest absolute Gasteiger partial charge is 0.330 e. The van der Waals surface area contributed by atoms with Crippen molar-refractivity contribution >= 4 is 70.3 Å². The molecule has 40 heteroatoms. The summed E-state index contributed by atoms with van der Waals surface area (Å²) in [4.78, 5) is 152. The highest BCUT2D eigenvalue weighted by Gasteiger charge is 2.53. The SMILES string of the molecule is CC(C)C[C@H](C(=O)N[C@H]1C(=O)N[C@@H](CC(N)=O)C(=O)N[C@H]2C(=O)N[C@H]3C(=O)N[C@H](C(=O)N[C@@H](C(=O)O)c4cc(O)cc(O)c4-c4cc3ccc4O)[C@H](O[C@H]3C[C@](C)(N)[C@@H](O)[C@H](C)O3)c3ccc(cc3)Oc3cc2cc(c3O[C@@H]2O[C@H](CO)[C@@H](O)[C@H](O)[C@H]2O[C@H]2C[C@](C)(N)[C@@H](O)[C@H](C)O2)Oc2ccc(cc2Cl)[C@H]1O)N(C)c1c(NCc2ccc(-c3ccccc3)cc2)c(=O)c1=O. The molecular weight excluding hydrogens is 1720 g/mol. The average Bonchev–Trinajstić information content (AvgIpc) is 0.766. The molecule has 39 nitrogen and oxygen atoms in total. The van der Waals surface area contributed by atoms with Gasteiger partial charge >= 0.3 is 5.97 Å². The van der Waals surface area contributed by atoms with Crippen LogP contribution in [0.2, 0.25) is 5.02 Å². The number of amides is 7. The van der Waals surface area contributed by atoms with Crippen LogP contribution in [0.3, 0.4) is 0 Å². The number of aliphatic hydroxyl groups is 6. The zero-order valence-electron chi connectivity index (χ0n) is 71.0. The Bertz CT molecular complexity index is 5720. The Morgan fingerprint density at radius 3 is 1.87 bits per heavy atom. The minimum absolute atomic E-state index is 0.0412. The van der Waals surface area contributed by atoms with Crippen LogP contribution >= 0.6 is 11.6 Å². The van der Waals surface area contributed by atoms with Crippen LogP contribution in [-0.4, -0.2) is 215 Å². The van der Waals surface area contributed by atoms with Crippen LogP contribution < -0.4 is 84.4 Å². The highest BCUT2D eigenvalue weighted by atomic mass is 35.5. The van der Waals surface area contributed by atoms with Gasteiger partial charge in [-0.25, -0.2) is 4.79 Å². The third-order valence-corrected chi connectivity index (χ3v) is 24.2. The fourth-order valence-electron chi connectivity index (χ4n) is 16.9. The minimum atomic E-state index is -2.43. The molecule has 7 amide bonds. The number of primary amides is 1. The van der Waals surface area contributed by atoms with E-state index in [0.717, 1.165) is 65.7 Å². The summed E-state index contributed by atoms with van der Waals surface area (Å²) in [5.41, 5.74) is 13.8. The highest BCUT2D eigenvalue weighted by Crippen LogP contribution is 2.50. The van der Waals surface area contributed by atoms with E-state index >= 15 is 28.8 Å². The maximum Gasteiger partial charge on any atom is 0.330 e. The molecule has 16 rings (SSSR count). The summed E-state index contributed by atoms with van der Waals surface area (Å²) in [7, 11) is 1.36. The summed E-state index contributed by atoms with van der Waals surface area (Å²) in [6.45, 7) is 8.45. The number of anilines is 2. The van der Waals surface area contributed by atoms with Crippen LogP contribution in [0, 0.1) is 5.92 Å². The number of rotatable bonds is 20. The maximum atomic E-state index is 16.6. The first-order chi connectivity index (χ1) is 61.6. The fourth-order valence-corrected chi connectivity index (χ4v) is 17.2. The monoisotopic (exact) mass is 1820 g/mol. The van der Waals surface area contributed by atoms with E-state index < -0.39 is 272 Å². The van der Waals surface area contributed by atoms with Crippen molar-refractivity contribution in [1.29, 1.82) is 0 Å². The molecule has 0 spiro atoms. The zero-order valence-corrected chi connectivity index (χ0v) is 71.8. The van der Waals surface area contributed by atoms with Gasteiger partial charge in [0.15, 0.2) is 36.2 Å². The van der Waals surface area contributed by atoms with Crippen LogP contribution in [0.4, 0.5) is 11.4 Å². The summed E-state index contributed by atoms with van der Waals surface area (Å²) in [6.07, 6.45) is -23.5. The molecule has 8 heterocycles. The van der Waals surface area contributed by atoms with Gasteiger partial charge in [0.2, 0.25) is 53.4 Å². The number of halogens is 1. The second-order valence-electron chi connectivity index (χ2n) is 34.2. The number of hydrogen-bond donors (Lipinski definition) is 20. The van der Waals surface area contributed by atoms with Gasteiger partial charge in [0.25, 0.3) is 10.9 Å². The van der Waals surface area contributed by atoms with Crippen molar-refractivity contribution in [2.45, 2.75) is 207 Å². The van der Waals surface area contributed by atoms with Crippen molar-refractivity contribution in [1.82, 2.24) is 31.9 Å². The minimum Gasteiger partial charge on any atom is -0.508 e. The largest absolute Gasteiger partial charge is 0.508 e. The summed E-state index contributed by atoms with van der Waals surface area (Å²) in [6, 6.07) is 17.1. The number of carbonyl (C=O) groups is 8. The van der Waals surface area contributed by atoms with Gasteiger partial charge < -0.3 is 148 Å². The molecule has 8 aliphatic rings. The number of likely N-dealkylation sites (N-methyl/N-ethyl adjacent to an activating group) is 1. The molecule has 11 bridgehead atoms.